The predicted molar refractivity (Wildman–Crippen MR) is 83.4 cm³/mol. The molecule has 3 N–H and O–H groups in total. The lowest BCUT2D eigenvalue weighted by molar-refractivity contribution is 0.0423. The second kappa shape index (κ2) is 7.82. The van der Waals surface area contributed by atoms with Gasteiger partial charge in [-0.25, -0.2) is 14.4 Å². The van der Waals surface area contributed by atoms with Gasteiger partial charge in [-0.3, -0.25) is 0 Å². The normalized spacial score (nSPS) is 10.0. The standard InChI is InChI=1S/C16H16N2O6/c1-2-22-15(20)12-6-7-23-13(12)9-24-14(19)10-4-3-5-11(8-10)18-16(17)21/h3-8H,2,9H2,1H3,(H3,17,18,21). The highest BCUT2D eigenvalue weighted by Gasteiger charge is 2.18. The Kier molecular flexibility index (Phi) is 5.56. The molecule has 2 aromatic rings. The van der Waals surface area contributed by atoms with E-state index in [1.165, 1.54) is 24.5 Å². The number of carbonyl (C=O) groups excluding carboxylic acids is 3. The van der Waals surface area contributed by atoms with Crippen molar-refractivity contribution in [2.75, 3.05) is 11.9 Å². The third-order valence-electron chi connectivity index (χ3n) is 2.94. The Labute approximate surface area is 137 Å². The van der Waals surface area contributed by atoms with Gasteiger partial charge in [0.2, 0.25) is 0 Å². The van der Waals surface area contributed by atoms with Crippen LogP contribution in [-0.4, -0.2) is 24.6 Å². The molecule has 2 rings (SSSR count). The highest BCUT2D eigenvalue weighted by Crippen LogP contribution is 2.16. The summed E-state index contributed by atoms with van der Waals surface area (Å²) >= 11 is 0. The number of carbonyl (C=O) groups is 3. The molecule has 0 spiro atoms. The summed E-state index contributed by atoms with van der Waals surface area (Å²) in [5.74, 6) is -1.01. The topological polar surface area (TPSA) is 121 Å². The maximum absolute atomic E-state index is 12.1. The number of urea groups is 1. The third kappa shape index (κ3) is 4.35. The van der Waals surface area contributed by atoms with Crippen molar-refractivity contribution < 1.29 is 28.3 Å². The number of esters is 2. The fourth-order valence-corrected chi connectivity index (χ4v) is 1.92. The number of anilines is 1. The van der Waals surface area contributed by atoms with Gasteiger partial charge in [0.05, 0.1) is 18.4 Å². The zero-order valence-corrected chi connectivity index (χ0v) is 12.9. The molecule has 0 atom stereocenters. The molecule has 8 nitrogen and oxygen atoms in total. The van der Waals surface area contributed by atoms with Crippen molar-refractivity contribution >= 4 is 23.7 Å². The number of benzene rings is 1. The average molecular weight is 332 g/mol. The summed E-state index contributed by atoms with van der Waals surface area (Å²) in [5.41, 5.74) is 5.80. The van der Waals surface area contributed by atoms with Crippen molar-refractivity contribution in [3.63, 3.8) is 0 Å². The van der Waals surface area contributed by atoms with Crippen LogP contribution in [0.15, 0.2) is 41.0 Å². The molecule has 8 heteroatoms. The molecule has 0 fully saturated rings. The first-order chi connectivity index (χ1) is 11.5. The van der Waals surface area contributed by atoms with Crippen LogP contribution in [0.1, 0.15) is 33.4 Å². The van der Waals surface area contributed by atoms with Crippen LogP contribution in [0.2, 0.25) is 0 Å². The summed E-state index contributed by atoms with van der Waals surface area (Å²) in [6, 6.07) is 6.78. The number of furan rings is 1. The fraction of sp³-hybridized carbons (Fsp3) is 0.188. The largest absolute Gasteiger partial charge is 0.465 e. The number of ether oxygens (including phenoxy) is 2. The number of hydrogen-bond acceptors (Lipinski definition) is 6. The van der Waals surface area contributed by atoms with Crippen molar-refractivity contribution in [1.82, 2.24) is 0 Å². The van der Waals surface area contributed by atoms with Gasteiger partial charge in [0.1, 0.15) is 5.56 Å². The van der Waals surface area contributed by atoms with E-state index >= 15 is 0 Å². The highest BCUT2D eigenvalue weighted by atomic mass is 16.5. The molecule has 0 saturated carbocycles. The van der Waals surface area contributed by atoms with Crippen LogP contribution in [0.5, 0.6) is 0 Å². The van der Waals surface area contributed by atoms with Gasteiger partial charge in [0.25, 0.3) is 0 Å². The van der Waals surface area contributed by atoms with E-state index in [9.17, 15) is 14.4 Å². The Hall–Kier alpha value is -3.29. The van der Waals surface area contributed by atoms with E-state index in [1.807, 2.05) is 0 Å². The second-order valence-electron chi connectivity index (χ2n) is 4.62. The molecule has 1 aromatic heterocycles. The SMILES string of the molecule is CCOC(=O)c1ccoc1COC(=O)c1cccc(NC(N)=O)c1. The molecule has 0 unspecified atom stereocenters. The van der Waals surface area contributed by atoms with Gasteiger partial charge in [-0.1, -0.05) is 6.07 Å². The monoisotopic (exact) mass is 332 g/mol. The summed E-state index contributed by atoms with van der Waals surface area (Å²) < 4.78 is 15.1. The third-order valence-corrected chi connectivity index (χ3v) is 2.94. The number of nitrogens with one attached hydrogen (secondary N) is 1. The van der Waals surface area contributed by atoms with Gasteiger partial charge in [-0.2, -0.15) is 0 Å². The summed E-state index contributed by atoms with van der Waals surface area (Å²) in [6.45, 7) is 1.68. The first-order valence-corrected chi connectivity index (χ1v) is 7.08. The van der Waals surface area contributed by atoms with E-state index in [2.05, 4.69) is 5.32 Å². The zero-order chi connectivity index (χ0) is 17.5. The van der Waals surface area contributed by atoms with Crippen molar-refractivity contribution in [3.05, 3.63) is 53.5 Å². The van der Waals surface area contributed by atoms with Gasteiger partial charge in [-0.15, -0.1) is 0 Å². The van der Waals surface area contributed by atoms with Gasteiger partial charge in [0, 0.05) is 5.69 Å². The number of rotatable bonds is 6. The molecule has 24 heavy (non-hydrogen) atoms. The Morgan fingerprint density at radius 2 is 1.96 bits per heavy atom. The van der Waals surface area contributed by atoms with Crippen molar-refractivity contribution in [3.8, 4) is 0 Å². The smallest absolute Gasteiger partial charge is 0.341 e. The molecule has 0 radical (unpaired) electrons. The Bertz CT molecular complexity index is 753. The van der Waals surface area contributed by atoms with Gasteiger partial charge in [-0.05, 0) is 31.2 Å². The van der Waals surface area contributed by atoms with E-state index < -0.39 is 18.0 Å². The molecular weight excluding hydrogens is 316 g/mol. The summed E-state index contributed by atoms with van der Waals surface area (Å²) in [4.78, 5) is 34.6. The lowest BCUT2D eigenvalue weighted by atomic mass is 10.2. The number of nitrogens with two attached hydrogens (primary N) is 1. The maximum atomic E-state index is 12.1. The van der Waals surface area contributed by atoms with E-state index in [-0.39, 0.29) is 30.1 Å². The molecule has 0 saturated heterocycles. The Morgan fingerprint density at radius 1 is 1.17 bits per heavy atom. The minimum absolute atomic E-state index is 0.188. The molecule has 2 amide bonds. The van der Waals surface area contributed by atoms with E-state index in [0.717, 1.165) is 0 Å². The molecule has 0 aliphatic rings. The minimum atomic E-state index is -0.741. The number of hydrogen-bond donors (Lipinski definition) is 2. The quantitative estimate of drug-likeness (QED) is 0.783. The van der Waals surface area contributed by atoms with Crippen molar-refractivity contribution in [2.45, 2.75) is 13.5 Å². The highest BCUT2D eigenvalue weighted by molar-refractivity contribution is 5.93. The lowest BCUT2D eigenvalue weighted by Crippen LogP contribution is -2.19. The first-order valence-electron chi connectivity index (χ1n) is 7.08. The summed E-state index contributed by atoms with van der Waals surface area (Å²) in [6.07, 6.45) is 1.31. The molecule has 0 bridgehead atoms. The summed E-state index contributed by atoms with van der Waals surface area (Å²) in [7, 11) is 0. The van der Waals surface area contributed by atoms with Gasteiger partial charge in [0.15, 0.2) is 12.4 Å². The molecule has 0 aliphatic heterocycles. The van der Waals surface area contributed by atoms with Crippen LogP contribution in [0, 0.1) is 0 Å². The van der Waals surface area contributed by atoms with Crippen molar-refractivity contribution in [2.24, 2.45) is 5.73 Å². The Morgan fingerprint density at radius 3 is 2.67 bits per heavy atom. The fourth-order valence-electron chi connectivity index (χ4n) is 1.92. The van der Waals surface area contributed by atoms with Crippen LogP contribution < -0.4 is 11.1 Å². The average Bonchev–Trinajstić information content (AvgIpc) is 3.01. The second-order valence-corrected chi connectivity index (χ2v) is 4.62. The van der Waals surface area contributed by atoms with Crippen LogP contribution in [0.4, 0.5) is 10.5 Å². The number of primary amides is 1. The van der Waals surface area contributed by atoms with Crippen molar-refractivity contribution in [1.29, 1.82) is 0 Å². The van der Waals surface area contributed by atoms with Crippen LogP contribution >= 0.6 is 0 Å². The molecule has 0 aliphatic carbocycles. The molecule has 126 valence electrons. The van der Waals surface area contributed by atoms with E-state index in [0.29, 0.717) is 5.69 Å². The van der Waals surface area contributed by atoms with Crippen LogP contribution in [0.3, 0.4) is 0 Å². The zero-order valence-electron chi connectivity index (χ0n) is 12.9. The molecule has 1 aromatic carbocycles. The van der Waals surface area contributed by atoms with E-state index in [1.54, 1.807) is 19.1 Å². The first kappa shape index (κ1) is 17.1. The van der Waals surface area contributed by atoms with Gasteiger partial charge >= 0.3 is 18.0 Å². The lowest BCUT2D eigenvalue weighted by Gasteiger charge is -2.07. The molecule has 1 heterocycles. The van der Waals surface area contributed by atoms with Gasteiger partial charge < -0.3 is 24.9 Å². The number of amides is 2. The minimum Gasteiger partial charge on any atom is -0.465 e. The predicted octanol–water partition coefficient (Wildman–Crippen LogP) is 2.30. The summed E-state index contributed by atoms with van der Waals surface area (Å²) in [5, 5.41) is 2.36. The molecular formula is C16H16N2O6. The Balaban J connectivity index is 2.02. The van der Waals surface area contributed by atoms with E-state index in [4.69, 9.17) is 19.6 Å². The maximum Gasteiger partial charge on any atom is 0.341 e. The van der Waals surface area contributed by atoms with Crippen LogP contribution in [-0.2, 0) is 16.1 Å². The van der Waals surface area contributed by atoms with Crippen LogP contribution in [0.25, 0.3) is 0 Å².